The minimum absolute atomic E-state index is 0.0983. The summed E-state index contributed by atoms with van der Waals surface area (Å²) in [5.41, 5.74) is 0.374. The van der Waals surface area contributed by atoms with E-state index in [1.807, 2.05) is 0 Å². The highest BCUT2D eigenvalue weighted by atomic mass is 79.9. The van der Waals surface area contributed by atoms with E-state index in [0.29, 0.717) is 9.37 Å². The molecular formula is C11H9BrF3N3O2. The Balaban J connectivity index is 2.41. The zero-order chi connectivity index (χ0) is 14.9. The number of aromatic nitrogens is 2. The van der Waals surface area contributed by atoms with Gasteiger partial charge in [-0.05, 0) is 22.0 Å². The molecule has 0 bridgehead atoms. The van der Waals surface area contributed by atoms with E-state index in [-0.39, 0.29) is 11.3 Å². The van der Waals surface area contributed by atoms with Crippen LogP contribution in [-0.4, -0.2) is 33.3 Å². The highest BCUT2D eigenvalue weighted by molar-refractivity contribution is 9.10. The third-order valence-corrected chi connectivity index (χ3v) is 3.01. The van der Waals surface area contributed by atoms with Crippen molar-refractivity contribution in [2.24, 2.45) is 0 Å². The lowest BCUT2D eigenvalue weighted by Crippen LogP contribution is -2.33. The van der Waals surface area contributed by atoms with Crippen LogP contribution in [0.4, 0.5) is 23.7 Å². The van der Waals surface area contributed by atoms with E-state index in [1.165, 1.54) is 16.7 Å². The van der Waals surface area contributed by atoms with Gasteiger partial charge in [0, 0.05) is 29.6 Å². The van der Waals surface area contributed by atoms with Crippen molar-refractivity contribution in [2.75, 3.05) is 11.4 Å². The number of pyridine rings is 1. The Morgan fingerprint density at radius 3 is 2.80 bits per heavy atom. The minimum Gasteiger partial charge on any atom is -0.465 e. The Hall–Kier alpha value is -1.77. The third-order valence-electron chi connectivity index (χ3n) is 2.58. The fraction of sp³-hybridized carbons (Fsp3) is 0.273. The summed E-state index contributed by atoms with van der Waals surface area (Å²) in [5.74, 6) is 0. The SMILES string of the molecule is O=C(O)N(CCC(F)(F)F)c1cc(Br)cn2ccnc12. The molecule has 1 N–H and O–H groups in total. The number of alkyl halides is 3. The molecule has 0 atom stereocenters. The first-order valence-corrected chi connectivity index (χ1v) is 6.26. The van der Waals surface area contributed by atoms with E-state index in [9.17, 15) is 18.0 Å². The Labute approximate surface area is 119 Å². The average Bonchev–Trinajstić information content (AvgIpc) is 2.74. The van der Waals surface area contributed by atoms with Crippen LogP contribution in [0.2, 0.25) is 0 Å². The second-order valence-electron chi connectivity index (χ2n) is 4.00. The van der Waals surface area contributed by atoms with Crippen molar-refractivity contribution in [3.05, 3.63) is 29.1 Å². The molecule has 0 aromatic carbocycles. The number of halogens is 4. The topological polar surface area (TPSA) is 57.8 Å². The number of nitrogens with zero attached hydrogens (tertiary/aromatic N) is 3. The smallest absolute Gasteiger partial charge is 0.411 e. The average molecular weight is 352 g/mol. The van der Waals surface area contributed by atoms with Gasteiger partial charge in [-0.1, -0.05) is 0 Å². The Kier molecular flexibility index (Phi) is 3.89. The van der Waals surface area contributed by atoms with Gasteiger partial charge in [-0.3, -0.25) is 4.90 Å². The molecule has 2 aromatic rings. The number of carboxylic acid groups (broad SMARTS) is 1. The molecule has 0 saturated carbocycles. The molecule has 0 saturated heterocycles. The Morgan fingerprint density at radius 2 is 2.20 bits per heavy atom. The monoisotopic (exact) mass is 351 g/mol. The van der Waals surface area contributed by atoms with Gasteiger partial charge in [-0.2, -0.15) is 13.2 Å². The first-order chi connectivity index (χ1) is 9.28. The second-order valence-corrected chi connectivity index (χ2v) is 4.92. The fourth-order valence-corrected chi connectivity index (χ4v) is 2.17. The van der Waals surface area contributed by atoms with Crippen molar-refractivity contribution >= 4 is 33.4 Å². The molecule has 0 radical (unpaired) electrons. The summed E-state index contributed by atoms with van der Waals surface area (Å²) in [5, 5.41) is 9.12. The molecule has 0 unspecified atom stereocenters. The molecule has 0 aliphatic rings. The van der Waals surface area contributed by atoms with Crippen molar-refractivity contribution in [3.63, 3.8) is 0 Å². The molecule has 0 spiro atoms. The predicted molar refractivity (Wildman–Crippen MR) is 68.9 cm³/mol. The van der Waals surface area contributed by atoms with Crippen LogP contribution in [0.5, 0.6) is 0 Å². The lowest BCUT2D eigenvalue weighted by Gasteiger charge is -2.20. The van der Waals surface area contributed by atoms with E-state index >= 15 is 0 Å². The maximum absolute atomic E-state index is 12.3. The molecule has 108 valence electrons. The first-order valence-electron chi connectivity index (χ1n) is 5.47. The summed E-state index contributed by atoms with van der Waals surface area (Å²) in [4.78, 5) is 15.8. The molecular weight excluding hydrogens is 343 g/mol. The van der Waals surface area contributed by atoms with Crippen molar-refractivity contribution in [3.8, 4) is 0 Å². The number of hydrogen-bond acceptors (Lipinski definition) is 2. The fourth-order valence-electron chi connectivity index (χ4n) is 1.74. The maximum Gasteiger partial charge on any atom is 0.411 e. The van der Waals surface area contributed by atoms with E-state index in [1.54, 1.807) is 12.4 Å². The number of hydrogen-bond donors (Lipinski definition) is 1. The standard InChI is InChI=1S/C11H9BrF3N3O2/c12-7-5-8(9-16-2-4-17(9)6-7)18(10(19)20)3-1-11(13,14)15/h2,4-6H,1,3H2,(H,19,20). The normalized spacial score (nSPS) is 11.8. The summed E-state index contributed by atoms with van der Waals surface area (Å²) in [6.07, 6.45) is -2.46. The van der Waals surface area contributed by atoms with Crippen LogP contribution in [0, 0.1) is 0 Å². The zero-order valence-corrected chi connectivity index (χ0v) is 11.5. The molecule has 2 aromatic heterocycles. The molecule has 1 amide bonds. The molecule has 0 fully saturated rings. The zero-order valence-electron chi connectivity index (χ0n) is 9.93. The van der Waals surface area contributed by atoms with Crippen LogP contribution in [0.3, 0.4) is 0 Å². The summed E-state index contributed by atoms with van der Waals surface area (Å²) >= 11 is 3.19. The van der Waals surface area contributed by atoms with E-state index in [0.717, 1.165) is 0 Å². The van der Waals surface area contributed by atoms with Crippen LogP contribution in [0.15, 0.2) is 29.1 Å². The van der Waals surface area contributed by atoms with Gasteiger partial charge in [0.1, 0.15) is 0 Å². The second kappa shape index (κ2) is 5.31. The van der Waals surface area contributed by atoms with E-state index < -0.39 is 25.2 Å². The minimum atomic E-state index is -4.43. The van der Waals surface area contributed by atoms with Gasteiger partial charge in [-0.25, -0.2) is 9.78 Å². The summed E-state index contributed by atoms with van der Waals surface area (Å²) in [7, 11) is 0. The van der Waals surface area contributed by atoms with Gasteiger partial charge in [-0.15, -0.1) is 0 Å². The third kappa shape index (κ3) is 3.21. The van der Waals surface area contributed by atoms with Crippen LogP contribution >= 0.6 is 15.9 Å². The number of rotatable bonds is 3. The number of amides is 1. The van der Waals surface area contributed by atoms with E-state index in [2.05, 4.69) is 20.9 Å². The van der Waals surface area contributed by atoms with Gasteiger partial charge in [0.15, 0.2) is 5.65 Å². The lowest BCUT2D eigenvalue weighted by molar-refractivity contribution is -0.132. The highest BCUT2D eigenvalue weighted by Crippen LogP contribution is 2.27. The van der Waals surface area contributed by atoms with Crippen LogP contribution < -0.4 is 4.90 Å². The van der Waals surface area contributed by atoms with Gasteiger partial charge in [0.25, 0.3) is 0 Å². The molecule has 0 aliphatic carbocycles. The molecule has 2 rings (SSSR count). The van der Waals surface area contributed by atoms with Gasteiger partial charge < -0.3 is 9.51 Å². The Morgan fingerprint density at radius 1 is 1.50 bits per heavy atom. The molecule has 20 heavy (non-hydrogen) atoms. The first kappa shape index (κ1) is 14.6. The Bertz CT molecular complexity index is 641. The number of anilines is 1. The van der Waals surface area contributed by atoms with Crippen LogP contribution in [0.25, 0.3) is 5.65 Å². The van der Waals surface area contributed by atoms with Crippen LogP contribution in [-0.2, 0) is 0 Å². The summed E-state index contributed by atoms with van der Waals surface area (Å²) in [6.45, 7) is -0.683. The maximum atomic E-state index is 12.3. The number of carbonyl (C=O) groups is 1. The summed E-state index contributed by atoms with van der Waals surface area (Å²) in [6, 6.07) is 1.42. The van der Waals surface area contributed by atoms with Crippen molar-refractivity contribution < 1.29 is 23.1 Å². The quantitative estimate of drug-likeness (QED) is 0.920. The van der Waals surface area contributed by atoms with Gasteiger partial charge in [0.05, 0.1) is 12.1 Å². The molecule has 2 heterocycles. The highest BCUT2D eigenvalue weighted by Gasteiger charge is 2.30. The van der Waals surface area contributed by atoms with Crippen molar-refractivity contribution in [2.45, 2.75) is 12.6 Å². The lowest BCUT2D eigenvalue weighted by atomic mass is 10.3. The van der Waals surface area contributed by atoms with E-state index in [4.69, 9.17) is 5.11 Å². The summed E-state index contributed by atoms with van der Waals surface area (Å²) < 4.78 is 38.9. The van der Waals surface area contributed by atoms with Crippen molar-refractivity contribution in [1.82, 2.24) is 9.38 Å². The van der Waals surface area contributed by atoms with Crippen molar-refractivity contribution in [1.29, 1.82) is 0 Å². The predicted octanol–water partition coefficient (Wildman–Crippen LogP) is 3.53. The number of fused-ring (bicyclic) bond motifs is 1. The molecule has 5 nitrogen and oxygen atoms in total. The van der Waals surface area contributed by atoms with Crippen LogP contribution in [0.1, 0.15) is 6.42 Å². The largest absolute Gasteiger partial charge is 0.465 e. The van der Waals surface area contributed by atoms with Gasteiger partial charge in [0.2, 0.25) is 0 Å². The van der Waals surface area contributed by atoms with Gasteiger partial charge >= 0.3 is 12.3 Å². The molecule has 9 heteroatoms. The number of imidazole rings is 1. The molecule has 0 aliphatic heterocycles.